The van der Waals surface area contributed by atoms with E-state index in [9.17, 15) is 4.39 Å². The fraction of sp³-hybridized carbons (Fsp3) is 0.379. The summed E-state index contributed by atoms with van der Waals surface area (Å²) in [5, 5.41) is 4.14. The Balaban J connectivity index is 1.48. The van der Waals surface area contributed by atoms with Crippen LogP contribution in [0.25, 0.3) is 22.2 Å². The molecule has 1 aliphatic heterocycles. The van der Waals surface area contributed by atoms with Crippen LogP contribution in [0.1, 0.15) is 55.0 Å². The Morgan fingerprint density at radius 3 is 2.51 bits per heavy atom. The molecule has 0 N–H and O–H groups in total. The molecule has 2 aromatic heterocycles. The van der Waals surface area contributed by atoms with Gasteiger partial charge in [-0.1, -0.05) is 11.2 Å². The molecule has 0 saturated heterocycles. The molecule has 8 heteroatoms. The Hall–Kier alpha value is -3.65. The molecule has 1 aliphatic carbocycles. The lowest BCUT2D eigenvalue weighted by Crippen LogP contribution is -2.34. The molecule has 0 radical (unpaired) electrons. The fourth-order valence-corrected chi connectivity index (χ4v) is 5.83. The van der Waals surface area contributed by atoms with Gasteiger partial charge in [-0.15, -0.1) is 0 Å². The molecule has 2 aliphatic rings. The molecule has 192 valence electrons. The third-order valence-electron chi connectivity index (χ3n) is 7.71. The molecule has 1 saturated carbocycles. The Morgan fingerprint density at radius 2 is 1.81 bits per heavy atom. The van der Waals surface area contributed by atoms with E-state index < -0.39 is 0 Å². The van der Waals surface area contributed by atoms with Gasteiger partial charge < -0.3 is 23.5 Å². The highest BCUT2D eigenvalue weighted by Crippen LogP contribution is 2.40. The maximum atomic E-state index is 13.7. The Bertz CT molecular complexity index is 1410. The standard InChI is InChI=1S/C29H31FN4O3/c1-18-28(19(2)37-32-18)20-4-13-26-25(16-20)31-29(34(26)23-9-11-24(35-3)12-10-23)27-14-15-36-17-33(27)22-7-5-21(30)6-8-22/h4-8,13-16,23-24,27H,9-12,17H2,1-3H3/t23?,24?,27-/m0/s1. The highest BCUT2D eigenvalue weighted by atomic mass is 19.1. The van der Waals surface area contributed by atoms with Crippen LogP contribution in [0.3, 0.4) is 0 Å². The highest BCUT2D eigenvalue weighted by Gasteiger charge is 2.32. The predicted molar refractivity (Wildman–Crippen MR) is 140 cm³/mol. The summed E-state index contributed by atoms with van der Waals surface area (Å²) in [6, 6.07) is 13.1. The van der Waals surface area contributed by atoms with Gasteiger partial charge in [0.05, 0.1) is 29.1 Å². The molecule has 0 unspecified atom stereocenters. The van der Waals surface area contributed by atoms with Gasteiger partial charge >= 0.3 is 0 Å². The predicted octanol–water partition coefficient (Wildman–Crippen LogP) is 6.63. The van der Waals surface area contributed by atoms with Gasteiger partial charge in [-0.05, 0) is 87.6 Å². The van der Waals surface area contributed by atoms with Crippen molar-refractivity contribution in [1.29, 1.82) is 0 Å². The Morgan fingerprint density at radius 1 is 1.03 bits per heavy atom. The van der Waals surface area contributed by atoms with Crippen LogP contribution >= 0.6 is 0 Å². The number of aryl methyl sites for hydroxylation is 2. The lowest BCUT2D eigenvalue weighted by Gasteiger charge is -2.36. The van der Waals surface area contributed by atoms with E-state index in [-0.39, 0.29) is 11.9 Å². The number of aromatic nitrogens is 3. The van der Waals surface area contributed by atoms with E-state index in [1.807, 2.05) is 19.9 Å². The van der Waals surface area contributed by atoms with Crippen molar-refractivity contribution >= 4 is 16.7 Å². The summed E-state index contributed by atoms with van der Waals surface area (Å²) < 4.78 is 32.9. The summed E-state index contributed by atoms with van der Waals surface area (Å²) in [7, 11) is 1.80. The van der Waals surface area contributed by atoms with Gasteiger partial charge in [0.2, 0.25) is 0 Å². The number of ether oxygens (including phenoxy) is 2. The summed E-state index contributed by atoms with van der Waals surface area (Å²) in [6.07, 6.45) is 8.15. The lowest BCUT2D eigenvalue weighted by atomic mass is 9.92. The largest absolute Gasteiger partial charge is 0.481 e. The normalized spacial score (nSPS) is 21.9. The maximum absolute atomic E-state index is 13.7. The molecular weight excluding hydrogens is 471 g/mol. The first kappa shape index (κ1) is 23.7. The summed E-state index contributed by atoms with van der Waals surface area (Å²) in [4.78, 5) is 7.35. The van der Waals surface area contributed by atoms with E-state index in [1.165, 1.54) is 12.1 Å². The Labute approximate surface area is 215 Å². The molecule has 1 fully saturated rings. The zero-order valence-electron chi connectivity index (χ0n) is 21.4. The molecule has 1 atom stereocenters. The van der Waals surface area contributed by atoms with Crippen molar-refractivity contribution in [3.8, 4) is 11.1 Å². The average molecular weight is 503 g/mol. The van der Waals surface area contributed by atoms with Gasteiger partial charge in [0.25, 0.3) is 0 Å². The van der Waals surface area contributed by atoms with Crippen molar-refractivity contribution in [2.24, 2.45) is 0 Å². The molecular formula is C29H31FN4O3. The van der Waals surface area contributed by atoms with E-state index in [0.717, 1.165) is 70.8 Å². The van der Waals surface area contributed by atoms with E-state index in [2.05, 4.69) is 32.8 Å². The monoisotopic (exact) mass is 502 g/mol. The molecule has 4 aromatic rings. The first-order valence-corrected chi connectivity index (χ1v) is 12.8. The zero-order chi connectivity index (χ0) is 25.5. The third-order valence-corrected chi connectivity index (χ3v) is 7.71. The van der Waals surface area contributed by atoms with Crippen LogP contribution in [0.2, 0.25) is 0 Å². The second kappa shape index (κ2) is 9.67. The van der Waals surface area contributed by atoms with Crippen LogP contribution in [0.5, 0.6) is 0 Å². The number of rotatable bonds is 5. The minimum atomic E-state index is -0.261. The van der Waals surface area contributed by atoms with E-state index in [1.54, 1.807) is 25.5 Å². The molecule has 0 amide bonds. The van der Waals surface area contributed by atoms with Gasteiger partial charge in [-0.2, -0.15) is 0 Å². The molecule has 0 bridgehead atoms. The van der Waals surface area contributed by atoms with Crippen LogP contribution in [0.4, 0.5) is 10.1 Å². The zero-order valence-corrected chi connectivity index (χ0v) is 21.4. The van der Waals surface area contributed by atoms with Crippen LogP contribution < -0.4 is 4.90 Å². The van der Waals surface area contributed by atoms with Crippen molar-refractivity contribution in [3.05, 3.63) is 77.9 Å². The van der Waals surface area contributed by atoms with Crippen molar-refractivity contribution in [2.75, 3.05) is 18.7 Å². The number of benzene rings is 2. The van der Waals surface area contributed by atoms with Gasteiger partial charge in [-0.3, -0.25) is 0 Å². The second-order valence-corrected chi connectivity index (χ2v) is 9.92. The minimum absolute atomic E-state index is 0.158. The van der Waals surface area contributed by atoms with E-state index in [4.69, 9.17) is 19.0 Å². The highest BCUT2D eigenvalue weighted by molar-refractivity contribution is 5.84. The van der Waals surface area contributed by atoms with Crippen LogP contribution in [-0.4, -0.2) is 34.7 Å². The quantitative estimate of drug-likeness (QED) is 0.305. The number of hydrogen-bond acceptors (Lipinski definition) is 6. The number of fused-ring (bicyclic) bond motifs is 1. The number of anilines is 1. The number of halogens is 1. The molecule has 7 nitrogen and oxygen atoms in total. The molecule has 0 spiro atoms. The van der Waals surface area contributed by atoms with E-state index >= 15 is 0 Å². The third kappa shape index (κ3) is 4.29. The fourth-order valence-electron chi connectivity index (χ4n) is 5.83. The van der Waals surface area contributed by atoms with Crippen molar-refractivity contribution in [1.82, 2.24) is 14.7 Å². The number of imidazole rings is 1. The molecule has 3 heterocycles. The van der Waals surface area contributed by atoms with Gasteiger partial charge in [0, 0.05) is 24.4 Å². The van der Waals surface area contributed by atoms with Gasteiger partial charge in [0.15, 0.2) is 6.73 Å². The number of hydrogen-bond donors (Lipinski definition) is 0. The van der Waals surface area contributed by atoms with Crippen molar-refractivity contribution in [2.45, 2.75) is 57.7 Å². The summed E-state index contributed by atoms with van der Waals surface area (Å²) in [5.41, 5.74) is 5.84. The maximum Gasteiger partial charge on any atom is 0.161 e. The second-order valence-electron chi connectivity index (χ2n) is 9.92. The molecule has 37 heavy (non-hydrogen) atoms. The summed E-state index contributed by atoms with van der Waals surface area (Å²) in [5.74, 6) is 1.49. The van der Waals surface area contributed by atoms with Crippen molar-refractivity contribution < 1.29 is 18.4 Å². The summed E-state index contributed by atoms with van der Waals surface area (Å²) in [6.45, 7) is 4.25. The smallest absolute Gasteiger partial charge is 0.161 e. The van der Waals surface area contributed by atoms with Gasteiger partial charge in [-0.25, -0.2) is 9.37 Å². The van der Waals surface area contributed by atoms with Crippen LogP contribution in [-0.2, 0) is 9.47 Å². The SMILES string of the molecule is COC1CCC(n2c([C@@H]3C=COCN3c3ccc(F)cc3)nc3cc(-c4c(C)noc4C)ccc32)CC1. The van der Waals surface area contributed by atoms with Crippen molar-refractivity contribution in [3.63, 3.8) is 0 Å². The van der Waals surface area contributed by atoms with Crippen LogP contribution in [0, 0.1) is 19.7 Å². The summed E-state index contributed by atoms with van der Waals surface area (Å²) >= 11 is 0. The topological polar surface area (TPSA) is 65.6 Å². The molecule has 6 rings (SSSR count). The number of methoxy groups -OCH3 is 1. The van der Waals surface area contributed by atoms with Gasteiger partial charge in [0.1, 0.15) is 23.4 Å². The first-order chi connectivity index (χ1) is 18.0. The molecule has 2 aromatic carbocycles. The van der Waals surface area contributed by atoms with E-state index in [0.29, 0.717) is 18.9 Å². The Kier molecular flexibility index (Phi) is 6.20. The average Bonchev–Trinajstić information content (AvgIpc) is 3.47. The first-order valence-electron chi connectivity index (χ1n) is 12.8. The van der Waals surface area contributed by atoms with Crippen LogP contribution in [0.15, 0.2) is 59.3 Å². The lowest BCUT2D eigenvalue weighted by molar-refractivity contribution is 0.0584. The minimum Gasteiger partial charge on any atom is -0.481 e. The number of nitrogens with zero attached hydrogens (tertiary/aromatic N) is 4.